The molecular weight excluding hydrogens is 239 g/mol. The predicted molar refractivity (Wildman–Crippen MR) is 78.9 cm³/mol. The van der Waals surface area contributed by atoms with Gasteiger partial charge in [0.25, 0.3) is 0 Å². The Morgan fingerprint density at radius 1 is 1.32 bits per heavy atom. The minimum absolute atomic E-state index is 0.136. The van der Waals surface area contributed by atoms with Crippen LogP contribution in [0.15, 0.2) is 18.2 Å². The van der Waals surface area contributed by atoms with Gasteiger partial charge in [-0.3, -0.25) is 0 Å². The third-order valence-electron chi connectivity index (χ3n) is 4.15. The van der Waals surface area contributed by atoms with Gasteiger partial charge in [0.2, 0.25) is 0 Å². The summed E-state index contributed by atoms with van der Waals surface area (Å²) in [6.07, 6.45) is 6.43. The molecule has 3 heteroatoms. The van der Waals surface area contributed by atoms with Crippen LogP contribution >= 0.6 is 0 Å². The Morgan fingerprint density at radius 3 is 2.58 bits per heavy atom. The van der Waals surface area contributed by atoms with Crippen LogP contribution in [-0.2, 0) is 0 Å². The molecule has 1 atom stereocenters. The van der Waals surface area contributed by atoms with Crippen molar-refractivity contribution in [3.63, 3.8) is 0 Å². The van der Waals surface area contributed by atoms with Gasteiger partial charge in [-0.15, -0.1) is 0 Å². The van der Waals surface area contributed by atoms with Gasteiger partial charge in [-0.05, 0) is 50.5 Å². The maximum atomic E-state index is 13.4. The van der Waals surface area contributed by atoms with Crippen molar-refractivity contribution in [3.8, 4) is 0 Å². The van der Waals surface area contributed by atoms with Gasteiger partial charge in [-0.1, -0.05) is 19.3 Å². The Morgan fingerprint density at radius 2 is 2.00 bits per heavy atom. The fraction of sp³-hybridized carbons (Fsp3) is 0.625. The van der Waals surface area contributed by atoms with Gasteiger partial charge in [0.05, 0.1) is 0 Å². The summed E-state index contributed by atoms with van der Waals surface area (Å²) >= 11 is 0. The zero-order valence-corrected chi connectivity index (χ0v) is 12.0. The minimum atomic E-state index is -0.198. The molecule has 0 aliphatic heterocycles. The van der Waals surface area contributed by atoms with Crippen LogP contribution in [0.1, 0.15) is 57.6 Å². The third-order valence-corrected chi connectivity index (χ3v) is 4.15. The smallest absolute Gasteiger partial charge is 0.123 e. The number of hydrogen-bond donors (Lipinski definition) is 1. The van der Waals surface area contributed by atoms with E-state index in [4.69, 9.17) is 5.73 Å². The molecular formula is C16H25FN2. The van der Waals surface area contributed by atoms with E-state index in [2.05, 4.69) is 11.8 Å². The van der Waals surface area contributed by atoms with E-state index in [1.54, 1.807) is 12.1 Å². The first-order chi connectivity index (χ1) is 9.13. The van der Waals surface area contributed by atoms with Crippen LogP contribution in [0.3, 0.4) is 0 Å². The maximum Gasteiger partial charge on any atom is 0.123 e. The number of hydrogen-bond acceptors (Lipinski definition) is 2. The van der Waals surface area contributed by atoms with Crippen LogP contribution in [0, 0.1) is 5.82 Å². The number of anilines is 1. The number of nitrogens with two attached hydrogens (primary N) is 1. The lowest BCUT2D eigenvalue weighted by Gasteiger charge is -2.37. The molecule has 106 valence electrons. The zero-order chi connectivity index (χ0) is 13.8. The number of halogens is 1. The van der Waals surface area contributed by atoms with Crippen LogP contribution < -0.4 is 10.6 Å². The summed E-state index contributed by atoms with van der Waals surface area (Å²) in [5.74, 6) is -0.198. The van der Waals surface area contributed by atoms with Gasteiger partial charge in [-0.25, -0.2) is 4.39 Å². The summed E-state index contributed by atoms with van der Waals surface area (Å²) in [4.78, 5) is 2.41. The number of benzene rings is 1. The van der Waals surface area contributed by atoms with Gasteiger partial charge < -0.3 is 10.6 Å². The predicted octanol–water partition coefficient (Wildman–Crippen LogP) is 4.00. The molecule has 0 heterocycles. The SMILES string of the molecule is CCN(c1ccc(F)cc1[C@H](C)N)C1CCCCC1. The molecule has 0 radical (unpaired) electrons. The molecule has 0 spiro atoms. The van der Waals surface area contributed by atoms with Gasteiger partial charge >= 0.3 is 0 Å². The number of rotatable bonds is 4. The van der Waals surface area contributed by atoms with E-state index in [-0.39, 0.29) is 11.9 Å². The normalized spacial score (nSPS) is 18.3. The Labute approximate surface area is 115 Å². The van der Waals surface area contributed by atoms with E-state index in [9.17, 15) is 4.39 Å². The molecule has 0 unspecified atom stereocenters. The summed E-state index contributed by atoms with van der Waals surface area (Å²) in [6, 6.07) is 5.48. The summed E-state index contributed by atoms with van der Waals surface area (Å²) < 4.78 is 13.4. The standard InChI is InChI=1S/C16H25FN2/c1-3-19(14-7-5-4-6-8-14)16-10-9-13(17)11-15(16)12(2)18/h9-12,14H,3-8,18H2,1-2H3/t12-/m0/s1. The molecule has 1 aliphatic rings. The first kappa shape index (κ1) is 14.3. The zero-order valence-electron chi connectivity index (χ0n) is 12.0. The van der Waals surface area contributed by atoms with E-state index < -0.39 is 0 Å². The van der Waals surface area contributed by atoms with Crippen molar-refractivity contribution in [3.05, 3.63) is 29.6 Å². The highest BCUT2D eigenvalue weighted by atomic mass is 19.1. The van der Waals surface area contributed by atoms with Crippen molar-refractivity contribution >= 4 is 5.69 Å². The van der Waals surface area contributed by atoms with Gasteiger partial charge in [0.1, 0.15) is 5.82 Å². The molecule has 2 rings (SSSR count). The summed E-state index contributed by atoms with van der Waals surface area (Å²) in [5, 5.41) is 0. The molecule has 1 aliphatic carbocycles. The molecule has 0 bridgehead atoms. The fourth-order valence-corrected chi connectivity index (χ4v) is 3.17. The molecule has 2 N–H and O–H groups in total. The van der Waals surface area contributed by atoms with Crippen LogP contribution in [0.25, 0.3) is 0 Å². The summed E-state index contributed by atoms with van der Waals surface area (Å²) in [6.45, 7) is 5.05. The molecule has 1 aromatic rings. The second-order valence-electron chi connectivity index (χ2n) is 5.57. The second kappa shape index (κ2) is 6.38. The fourth-order valence-electron chi connectivity index (χ4n) is 3.17. The van der Waals surface area contributed by atoms with Gasteiger partial charge in [0, 0.05) is 24.3 Å². The highest BCUT2D eigenvalue weighted by Crippen LogP contribution is 2.32. The highest BCUT2D eigenvalue weighted by molar-refractivity contribution is 5.56. The van der Waals surface area contributed by atoms with Gasteiger partial charge in [-0.2, -0.15) is 0 Å². The average molecular weight is 264 g/mol. The topological polar surface area (TPSA) is 29.3 Å². The molecule has 1 saturated carbocycles. The van der Waals surface area contributed by atoms with E-state index >= 15 is 0 Å². The third kappa shape index (κ3) is 3.27. The van der Waals surface area contributed by atoms with Gasteiger partial charge in [0.15, 0.2) is 0 Å². The summed E-state index contributed by atoms with van der Waals surface area (Å²) in [5.41, 5.74) is 8.05. The van der Waals surface area contributed by atoms with Crippen molar-refractivity contribution in [2.45, 2.75) is 58.0 Å². The van der Waals surface area contributed by atoms with Crippen molar-refractivity contribution in [1.82, 2.24) is 0 Å². The lowest BCUT2D eigenvalue weighted by Crippen LogP contribution is -2.37. The van der Waals surface area contributed by atoms with Crippen LogP contribution in [0.5, 0.6) is 0 Å². The molecule has 0 aromatic heterocycles. The quantitative estimate of drug-likeness (QED) is 0.890. The molecule has 2 nitrogen and oxygen atoms in total. The Hall–Kier alpha value is -1.09. The molecule has 0 amide bonds. The van der Waals surface area contributed by atoms with Crippen molar-refractivity contribution in [2.24, 2.45) is 5.73 Å². The van der Waals surface area contributed by atoms with E-state index in [1.165, 1.54) is 32.1 Å². The van der Waals surface area contributed by atoms with E-state index in [0.717, 1.165) is 17.8 Å². The largest absolute Gasteiger partial charge is 0.369 e. The second-order valence-corrected chi connectivity index (χ2v) is 5.57. The average Bonchev–Trinajstić information content (AvgIpc) is 2.42. The van der Waals surface area contributed by atoms with E-state index in [0.29, 0.717) is 6.04 Å². The molecule has 19 heavy (non-hydrogen) atoms. The summed E-state index contributed by atoms with van der Waals surface area (Å²) in [7, 11) is 0. The lowest BCUT2D eigenvalue weighted by molar-refractivity contribution is 0.417. The first-order valence-electron chi connectivity index (χ1n) is 7.45. The maximum absolute atomic E-state index is 13.4. The lowest BCUT2D eigenvalue weighted by atomic mass is 9.93. The molecule has 1 aromatic carbocycles. The van der Waals surface area contributed by atoms with E-state index in [1.807, 2.05) is 13.0 Å². The Balaban J connectivity index is 2.31. The van der Waals surface area contributed by atoms with Crippen molar-refractivity contribution in [1.29, 1.82) is 0 Å². The Kier molecular flexibility index (Phi) is 4.81. The minimum Gasteiger partial charge on any atom is -0.369 e. The van der Waals surface area contributed by atoms with Crippen LogP contribution in [0.4, 0.5) is 10.1 Å². The Bertz CT molecular complexity index is 411. The van der Waals surface area contributed by atoms with Crippen molar-refractivity contribution in [2.75, 3.05) is 11.4 Å². The van der Waals surface area contributed by atoms with Crippen LogP contribution in [0.2, 0.25) is 0 Å². The first-order valence-corrected chi connectivity index (χ1v) is 7.45. The molecule has 0 saturated heterocycles. The monoisotopic (exact) mass is 264 g/mol. The highest BCUT2D eigenvalue weighted by Gasteiger charge is 2.23. The van der Waals surface area contributed by atoms with Crippen molar-refractivity contribution < 1.29 is 4.39 Å². The van der Waals surface area contributed by atoms with Crippen LogP contribution in [-0.4, -0.2) is 12.6 Å². The molecule has 1 fully saturated rings. The number of nitrogens with zero attached hydrogens (tertiary/aromatic N) is 1.